The Labute approximate surface area is 136 Å². The van der Waals surface area contributed by atoms with Crippen LogP contribution >= 0.6 is 23.2 Å². The van der Waals surface area contributed by atoms with Crippen molar-refractivity contribution in [3.63, 3.8) is 0 Å². The second kappa shape index (κ2) is 7.30. The number of benzene rings is 1. The fourth-order valence-corrected chi connectivity index (χ4v) is 2.86. The molecule has 0 aliphatic heterocycles. The molecule has 1 N–H and O–H groups in total. The maximum absolute atomic E-state index is 6.38. The first-order valence-electron chi connectivity index (χ1n) is 7.17. The molecule has 5 heteroatoms. The number of nitrogens with one attached hydrogen (secondary N) is 1. The third-order valence-corrected chi connectivity index (χ3v) is 4.43. The fraction of sp³-hybridized carbons (Fsp3) is 0.438. The zero-order chi connectivity index (χ0) is 15.4. The Balaban J connectivity index is 2.25. The van der Waals surface area contributed by atoms with Gasteiger partial charge in [0.1, 0.15) is 0 Å². The van der Waals surface area contributed by atoms with Crippen LogP contribution in [0.3, 0.4) is 0 Å². The molecule has 0 spiro atoms. The van der Waals surface area contributed by atoms with E-state index in [9.17, 15) is 0 Å². The highest BCUT2D eigenvalue weighted by Gasteiger charge is 2.18. The van der Waals surface area contributed by atoms with E-state index in [1.807, 2.05) is 30.8 Å². The molecule has 0 bridgehead atoms. The first kappa shape index (κ1) is 16.3. The van der Waals surface area contributed by atoms with Crippen molar-refractivity contribution in [1.82, 2.24) is 15.1 Å². The van der Waals surface area contributed by atoms with Gasteiger partial charge in [-0.05, 0) is 37.6 Å². The Kier molecular flexibility index (Phi) is 5.68. The van der Waals surface area contributed by atoms with Gasteiger partial charge < -0.3 is 5.32 Å². The molecule has 0 fully saturated rings. The van der Waals surface area contributed by atoms with Crippen LogP contribution in [0.2, 0.25) is 10.0 Å². The summed E-state index contributed by atoms with van der Waals surface area (Å²) in [7, 11) is 1.94. The van der Waals surface area contributed by atoms with Gasteiger partial charge in [0, 0.05) is 24.5 Å². The predicted molar refractivity (Wildman–Crippen MR) is 89.4 cm³/mol. The van der Waals surface area contributed by atoms with Gasteiger partial charge in [0.25, 0.3) is 0 Å². The highest BCUT2D eigenvalue weighted by atomic mass is 35.5. The summed E-state index contributed by atoms with van der Waals surface area (Å²) in [4.78, 5) is 0. The molecule has 0 aliphatic rings. The molecule has 1 unspecified atom stereocenters. The predicted octanol–water partition coefficient (Wildman–Crippen LogP) is 3.97. The summed E-state index contributed by atoms with van der Waals surface area (Å²) in [5.41, 5.74) is 3.22. The average molecular weight is 326 g/mol. The summed E-state index contributed by atoms with van der Waals surface area (Å²) in [6.45, 7) is 5.90. The smallest absolute Gasteiger partial charge is 0.0847 e. The lowest BCUT2D eigenvalue weighted by Crippen LogP contribution is -2.23. The molecular weight excluding hydrogens is 305 g/mol. The Morgan fingerprint density at radius 2 is 1.90 bits per heavy atom. The van der Waals surface area contributed by atoms with E-state index in [1.54, 1.807) is 0 Å². The SMILES string of the molecule is CCNCC(Cc1c(Cl)c(C)nn1C)c1ccc(Cl)cc1. The van der Waals surface area contributed by atoms with Crippen LogP contribution in [0.15, 0.2) is 24.3 Å². The summed E-state index contributed by atoms with van der Waals surface area (Å²) < 4.78 is 1.88. The van der Waals surface area contributed by atoms with E-state index in [1.165, 1.54) is 5.56 Å². The highest BCUT2D eigenvalue weighted by molar-refractivity contribution is 6.31. The van der Waals surface area contributed by atoms with Crippen molar-refractivity contribution >= 4 is 23.2 Å². The van der Waals surface area contributed by atoms with Crippen molar-refractivity contribution in [2.75, 3.05) is 13.1 Å². The molecule has 114 valence electrons. The number of nitrogens with zero attached hydrogens (tertiary/aromatic N) is 2. The minimum absolute atomic E-state index is 0.342. The van der Waals surface area contributed by atoms with E-state index in [4.69, 9.17) is 23.2 Å². The summed E-state index contributed by atoms with van der Waals surface area (Å²) in [5.74, 6) is 0.342. The number of aryl methyl sites for hydroxylation is 2. The molecule has 2 aromatic rings. The van der Waals surface area contributed by atoms with E-state index < -0.39 is 0 Å². The molecule has 0 saturated carbocycles. The lowest BCUT2D eigenvalue weighted by Gasteiger charge is -2.18. The summed E-state index contributed by atoms with van der Waals surface area (Å²) in [6, 6.07) is 8.04. The summed E-state index contributed by atoms with van der Waals surface area (Å²) in [5, 5.41) is 9.35. The second-order valence-corrected chi connectivity index (χ2v) is 6.04. The van der Waals surface area contributed by atoms with Crippen LogP contribution in [0, 0.1) is 6.92 Å². The number of hydrogen-bond donors (Lipinski definition) is 1. The first-order chi connectivity index (χ1) is 10.0. The minimum atomic E-state index is 0.342. The summed E-state index contributed by atoms with van der Waals surface area (Å²) >= 11 is 12.4. The van der Waals surface area contributed by atoms with Crippen LogP contribution in [0.4, 0.5) is 0 Å². The molecule has 0 saturated heterocycles. The number of aromatic nitrogens is 2. The van der Waals surface area contributed by atoms with Gasteiger partial charge in [-0.1, -0.05) is 42.3 Å². The number of rotatable bonds is 6. The zero-order valence-electron chi connectivity index (χ0n) is 12.7. The standard InChI is InChI=1S/C16H21Cl2N3/c1-4-19-10-13(12-5-7-14(17)8-6-12)9-15-16(18)11(2)20-21(15)3/h5-8,13,19H,4,9-10H2,1-3H3. The molecule has 2 rings (SSSR count). The molecule has 1 aromatic carbocycles. The van der Waals surface area contributed by atoms with Gasteiger partial charge in [0.05, 0.1) is 16.4 Å². The van der Waals surface area contributed by atoms with Crippen molar-refractivity contribution in [2.24, 2.45) is 7.05 Å². The monoisotopic (exact) mass is 325 g/mol. The third-order valence-electron chi connectivity index (χ3n) is 3.68. The molecule has 0 aliphatic carbocycles. The van der Waals surface area contributed by atoms with Gasteiger partial charge in [0.15, 0.2) is 0 Å². The van der Waals surface area contributed by atoms with Crippen molar-refractivity contribution in [2.45, 2.75) is 26.2 Å². The normalized spacial score (nSPS) is 12.6. The van der Waals surface area contributed by atoms with Gasteiger partial charge >= 0.3 is 0 Å². The lowest BCUT2D eigenvalue weighted by atomic mass is 9.94. The van der Waals surface area contributed by atoms with Crippen molar-refractivity contribution in [1.29, 1.82) is 0 Å². The van der Waals surface area contributed by atoms with E-state index in [0.717, 1.165) is 40.9 Å². The Morgan fingerprint density at radius 1 is 1.24 bits per heavy atom. The molecular formula is C16H21Cl2N3. The third kappa shape index (κ3) is 4.00. The second-order valence-electron chi connectivity index (χ2n) is 5.23. The van der Waals surface area contributed by atoms with E-state index in [-0.39, 0.29) is 0 Å². The van der Waals surface area contributed by atoms with Crippen LogP contribution < -0.4 is 5.32 Å². The van der Waals surface area contributed by atoms with Crippen molar-refractivity contribution in [3.05, 3.63) is 51.3 Å². The first-order valence-corrected chi connectivity index (χ1v) is 7.92. The van der Waals surface area contributed by atoms with Gasteiger partial charge in [0.2, 0.25) is 0 Å². The van der Waals surface area contributed by atoms with Crippen LogP contribution in [0.5, 0.6) is 0 Å². The lowest BCUT2D eigenvalue weighted by molar-refractivity contribution is 0.570. The van der Waals surface area contributed by atoms with Crippen molar-refractivity contribution in [3.8, 4) is 0 Å². The van der Waals surface area contributed by atoms with E-state index >= 15 is 0 Å². The largest absolute Gasteiger partial charge is 0.316 e. The van der Waals surface area contributed by atoms with Gasteiger partial charge in [-0.3, -0.25) is 4.68 Å². The van der Waals surface area contributed by atoms with E-state index in [0.29, 0.717) is 5.92 Å². The van der Waals surface area contributed by atoms with Crippen LogP contribution in [-0.4, -0.2) is 22.9 Å². The summed E-state index contributed by atoms with van der Waals surface area (Å²) in [6.07, 6.45) is 0.852. The van der Waals surface area contributed by atoms with Crippen molar-refractivity contribution < 1.29 is 0 Å². The molecule has 1 atom stereocenters. The van der Waals surface area contributed by atoms with Crippen LogP contribution in [0.25, 0.3) is 0 Å². The molecule has 0 radical (unpaired) electrons. The molecule has 21 heavy (non-hydrogen) atoms. The van der Waals surface area contributed by atoms with Crippen LogP contribution in [-0.2, 0) is 13.5 Å². The maximum atomic E-state index is 6.38. The maximum Gasteiger partial charge on any atom is 0.0847 e. The number of likely N-dealkylation sites (N-methyl/N-ethyl adjacent to an activating group) is 1. The number of halogens is 2. The van der Waals surface area contributed by atoms with Crippen LogP contribution in [0.1, 0.15) is 29.8 Å². The van der Waals surface area contributed by atoms with Gasteiger partial charge in [-0.25, -0.2) is 0 Å². The molecule has 1 heterocycles. The molecule has 1 aromatic heterocycles. The average Bonchev–Trinajstić information content (AvgIpc) is 2.70. The Morgan fingerprint density at radius 3 is 2.43 bits per heavy atom. The van der Waals surface area contributed by atoms with Gasteiger partial charge in [-0.15, -0.1) is 0 Å². The van der Waals surface area contributed by atoms with E-state index in [2.05, 4.69) is 29.5 Å². The highest BCUT2D eigenvalue weighted by Crippen LogP contribution is 2.27. The Hall–Kier alpha value is -1.03. The topological polar surface area (TPSA) is 29.9 Å². The molecule has 3 nitrogen and oxygen atoms in total. The minimum Gasteiger partial charge on any atom is -0.316 e. The van der Waals surface area contributed by atoms with Gasteiger partial charge in [-0.2, -0.15) is 5.10 Å². The number of hydrogen-bond acceptors (Lipinski definition) is 2. The Bertz CT molecular complexity index is 590. The molecule has 0 amide bonds. The quantitative estimate of drug-likeness (QED) is 0.870. The zero-order valence-corrected chi connectivity index (χ0v) is 14.2. The fourth-order valence-electron chi connectivity index (χ4n) is 2.50.